The minimum absolute atomic E-state index is 0. The molecule has 0 spiro atoms. The summed E-state index contributed by atoms with van der Waals surface area (Å²) < 4.78 is 5.59. The van der Waals surface area contributed by atoms with E-state index in [2.05, 4.69) is 27.7 Å². The van der Waals surface area contributed by atoms with Crippen LogP contribution >= 0.6 is 0 Å². The van der Waals surface area contributed by atoms with Crippen molar-refractivity contribution in [3.05, 3.63) is 0 Å². The monoisotopic (exact) mass is 600 g/mol. The van der Waals surface area contributed by atoms with Gasteiger partial charge in [-0.2, -0.15) is 0 Å². The third-order valence-electron chi connectivity index (χ3n) is 13.1. The van der Waals surface area contributed by atoms with E-state index in [4.69, 9.17) is 4.74 Å². The first-order valence-electron chi connectivity index (χ1n) is 17.8. The molecule has 0 aromatic heterocycles. The van der Waals surface area contributed by atoms with Crippen molar-refractivity contribution < 1.29 is 24.9 Å². The van der Waals surface area contributed by atoms with Gasteiger partial charge in [-0.1, -0.05) is 85.5 Å². The Kier molecular flexibility index (Phi) is 14.7. The van der Waals surface area contributed by atoms with Crippen LogP contribution in [0.1, 0.15) is 150 Å². The number of esters is 1. The van der Waals surface area contributed by atoms with Crippen LogP contribution in [-0.2, 0) is 9.53 Å². The number of carbonyl (C=O) groups is 1. The van der Waals surface area contributed by atoms with Crippen LogP contribution in [0.4, 0.5) is 0 Å². The normalized spacial score (nSPS) is 39.9. The van der Waals surface area contributed by atoms with Crippen LogP contribution in [0.5, 0.6) is 0 Å². The van der Waals surface area contributed by atoms with Gasteiger partial charge >= 0.3 is 35.5 Å². The first-order valence-corrected chi connectivity index (χ1v) is 17.8. The van der Waals surface area contributed by atoms with Crippen LogP contribution in [0.3, 0.4) is 0 Å². The predicted molar refractivity (Wildman–Crippen MR) is 172 cm³/mol. The van der Waals surface area contributed by atoms with Gasteiger partial charge in [0.2, 0.25) is 0 Å². The van der Waals surface area contributed by atoms with E-state index < -0.39 is 0 Å². The average molecular weight is 601 g/mol. The van der Waals surface area contributed by atoms with E-state index in [0.717, 1.165) is 64.2 Å². The van der Waals surface area contributed by atoms with Crippen molar-refractivity contribution >= 4 is 35.5 Å². The molecule has 0 aromatic carbocycles. The Morgan fingerprint density at radius 3 is 2.17 bits per heavy atom. The van der Waals surface area contributed by atoms with Crippen LogP contribution in [-0.4, -0.2) is 75.8 Å². The van der Waals surface area contributed by atoms with Gasteiger partial charge in [0, 0.05) is 6.42 Å². The third-order valence-corrected chi connectivity index (χ3v) is 13.1. The van der Waals surface area contributed by atoms with Crippen LogP contribution in [0, 0.1) is 46.3 Å². The van der Waals surface area contributed by atoms with Gasteiger partial charge in [0.15, 0.2) is 0 Å². The van der Waals surface area contributed by atoms with Crippen LogP contribution in [0.2, 0.25) is 0 Å². The number of aliphatic hydroxyl groups is 3. The summed E-state index contributed by atoms with van der Waals surface area (Å²) in [6.45, 7) is 9.75. The van der Waals surface area contributed by atoms with Gasteiger partial charge in [-0.15, -0.1) is 0 Å². The summed E-state index contributed by atoms with van der Waals surface area (Å²) in [6, 6.07) is 0. The molecule has 3 N–H and O–H groups in total. The molecule has 4 aliphatic carbocycles. The maximum absolute atomic E-state index is 12.6. The fraction of sp³-hybridized carbons (Fsp3) is 0.972. The summed E-state index contributed by atoms with van der Waals surface area (Å²) in [5.41, 5.74) is -0.105. The molecule has 0 bridgehead atoms. The quantitative estimate of drug-likeness (QED) is 0.105. The molecule has 0 saturated heterocycles. The molecule has 11 atom stereocenters. The number of ether oxygens (including phenoxy) is 1. The van der Waals surface area contributed by atoms with Crippen LogP contribution in [0.25, 0.3) is 0 Å². The molecular weight excluding hydrogens is 535 g/mol. The Morgan fingerprint density at radius 1 is 0.857 bits per heavy atom. The molecule has 0 unspecified atom stereocenters. The molecule has 6 heteroatoms. The van der Waals surface area contributed by atoms with Crippen molar-refractivity contribution in [2.24, 2.45) is 46.3 Å². The van der Waals surface area contributed by atoms with Crippen molar-refractivity contribution in [1.29, 1.82) is 0 Å². The summed E-state index contributed by atoms with van der Waals surface area (Å²) in [7, 11) is 0. The van der Waals surface area contributed by atoms with Crippen LogP contribution < -0.4 is 0 Å². The molecule has 0 aromatic rings. The van der Waals surface area contributed by atoms with E-state index >= 15 is 0 Å². The van der Waals surface area contributed by atoms with Crippen molar-refractivity contribution in [1.82, 2.24) is 0 Å². The zero-order chi connectivity index (χ0) is 29.6. The fourth-order valence-corrected chi connectivity index (χ4v) is 10.5. The first kappa shape index (κ1) is 36.8. The molecule has 0 amide bonds. The molecule has 240 valence electrons. The number of rotatable bonds is 15. The number of hydrogen-bond acceptors (Lipinski definition) is 5. The van der Waals surface area contributed by atoms with Gasteiger partial charge in [0.25, 0.3) is 0 Å². The topological polar surface area (TPSA) is 87.0 Å². The number of carbonyl (C=O) groups excluding carboxylic acids is 1. The summed E-state index contributed by atoms with van der Waals surface area (Å²) in [4.78, 5) is 12.6. The second kappa shape index (κ2) is 16.8. The minimum atomic E-state index is -0.374. The van der Waals surface area contributed by atoms with E-state index in [1.54, 1.807) is 0 Å². The van der Waals surface area contributed by atoms with Gasteiger partial charge < -0.3 is 20.1 Å². The van der Waals surface area contributed by atoms with Crippen LogP contribution in [0.15, 0.2) is 0 Å². The fourth-order valence-electron chi connectivity index (χ4n) is 10.5. The second-order valence-corrected chi connectivity index (χ2v) is 15.4. The van der Waals surface area contributed by atoms with Crippen molar-refractivity contribution in [2.75, 3.05) is 6.61 Å². The van der Waals surface area contributed by atoms with Gasteiger partial charge in [0.05, 0.1) is 24.9 Å². The SMILES string of the molecule is CCCCCCCCCCCCOC(=O)CC[C@@H](C)[C@H]1CC[C@H]2[C@@H]3[C@H](O)C[C@@H]4C[C@H](O)CC[C@]4(C)[C@H]3C[C@H](O)[C@]12C.[NaH]. The standard InChI is InChI=1S/C36H64O5.Na.H/c1-5-6-7-8-9-10-11-12-13-14-21-41-33(40)18-15-25(2)28-16-17-29-34-30(24-32(39)36(28,29)4)35(3)20-19-27(37)22-26(35)23-31(34)38;;/h25-32,34,37-39H,5-24H2,1-4H3;;/t25-,26+,27-,28-,29+,30+,31-,32+,34+,35+,36-;;/m1../s1. The Hall–Kier alpha value is 0.350. The summed E-state index contributed by atoms with van der Waals surface area (Å²) >= 11 is 0. The molecule has 4 fully saturated rings. The Labute approximate surface area is 280 Å². The maximum atomic E-state index is 12.6. The van der Waals surface area contributed by atoms with E-state index in [9.17, 15) is 20.1 Å². The van der Waals surface area contributed by atoms with Gasteiger partial charge in [-0.25, -0.2) is 0 Å². The Morgan fingerprint density at radius 2 is 1.50 bits per heavy atom. The molecule has 4 rings (SSSR count). The van der Waals surface area contributed by atoms with Gasteiger partial charge in [-0.05, 0) is 104 Å². The second-order valence-electron chi connectivity index (χ2n) is 15.4. The number of aliphatic hydroxyl groups excluding tert-OH is 3. The zero-order valence-corrected chi connectivity index (χ0v) is 27.0. The molecule has 4 aliphatic rings. The number of hydrogen-bond donors (Lipinski definition) is 3. The van der Waals surface area contributed by atoms with E-state index in [0.29, 0.717) is 42.6 Å². The zero-order valence-electron chi connectivity index (χ0n) is 27.0. The predicted octanol–water partition coefficient (Wildman–Crippen LogP) is 7.18. The van der Waals surface area contributed by atoms with Crippen molar-refractivity contribution in [2.45, 2.75) is 168 Å². The molecule has 0 aliphatic heterocycles. The summed E-state index contributed by atoms with van der Waals surface area (Å²) in [6.07, 6.45) is 19.4. The van der Waals surface area contributed by atoms with Crippen molar-refractivity contribution in [3.63, 3.8) is 0 Å². The van der Waals surface area contributed by atoms with E-state index in [-0.39, 0.29) is 70.6 Å². The number of fused-ring (bicyclic) bond motifs is 5. The number of unbranched alkanes of at least 4 members (excludes halogenated alkanes) is 9. The van der Waals surface area contributed by atoms with Gasteiger partial charge in [0.1, 0.15) is 0 Å². The molecule has 5 nitrogen and oxygen atoms in total. The molecule has 0 heterocycles. The first-order chi connectivity index (χ1) is 19.6. The average Bonchev–Trinajstić information content (AvgIpc) is 3.30. The molecular formula is C36H65NaO5. The Bertz CT molecular complexity index is 823. The van der Waals surface area contributed by atoms with E-state index in [1.807, 2.05) is 0 Å². The Balaban J connectivity index is 0.00000484. The third kappa shape index (κ3) is 8.19. The molecule has 0 radical (unpaired) electrons. The molecule has 42 heavy (non-hydrogen) atoms. The van der Waals surface area contributed by atoms with Crippen molar-refractivity contribution in [3.8, 4) is 0 Å². The summed E-state index contributed by atoms with van der Waals surface area (Å²) in [5, 5.41) is 33.6. The van der Waals surface area contributed by atoms with E-state index in [1.165, 1.54) is 51.4 Å². The van der Waals surface area contributed by atoms with Gasteiger partial charge in [-0.3, -0.25) is 4.79 Å². The summed E-state index contributed by atoms with van der Waals surface area (Å²) in [5.74, 6) is 1.87. The molecule has 4 saturated carbocycles.